The Morgan fingerprint density at radius 1 is 1.78 bits per heavy atom. The summed E-state index contributed by atoms with van der Waals surface area (Å²) < 4.78 is 12.5. The Bertz CT molecular complexity index is 168. The molecule has 0 spiro atoms. The molecule has 1 aliphatic rings. The molecule has 50 valence electrons. The van der Waals surface area contributed by atoms with Crippen molar-refractivity contribution in [2.24, 2.45) is 4.99 Å². The van der Waals surface area contributed by atoms with Gasteiger partial charge in [0.05, 0.1) is 12.3 Å². The summed E-state index contributed by atoms with van der Waals surface area (Å²) in [4.78, 5) is 3.97. The van der Waals surface area contributed by atoms with Crippen LogP contribution >= 0.6 is 0 Å². The molecule has 0 aromatic rings. The predicted octanol–water partition coefficient (Wildman–Crippen LogP) is 1.75. The minimum atomic E-state index is -0.899. The number of halogens is 1. The van der Waals surface area contributed by atoms with Gasteiger partial charge in [-0.25, -0.2) is 4.39 Å². The van der Waals surface area contributed by atoms with Crippen LogP contribution in [-0.4, -0.2) is 18.4 Å². The predicted molar refractivity (Wildman–Crippen MR) is 36.6 cm³/mol. The Hall–Kier alpha value is -0.660. The van der Waals surface area contributed by atoms with Gasteiger partial charge in [0.1, 0.15) is 6.17 Å². The molecule has 0 amide bonds. The quantitative estimate of drug-likeness (QED) is 0.508. The van der Waals surface area contributed by atoms with Crippen molar-refractivity contribution in [1.29, 1.82) is 0 Å². The molecule has 2 heteroatoms. The average molecular weight is 127 g/mol. The first-order chi connectivity index (χ1) is 4.22. The van der Waals surface area contributed by atoms with Crippen LogP contribution in [0, 0.1) is 0 Å². The van der Waals surface area contributed by atoms with Crippen LogP contribution in [0.5, 0.6) is 0 Å². The Kier molecular flexibility index (Phi) is 1.65. The fourth-order valence-corrected chi connectivity index (χ4v) is 0.950. The van der Waals surface area contributed by atoms with Gasteiger partial charge in [-0.1, -0.05) is 6.08 Å². The zero-order valence-corrected chi connectivity index (χ0v) is 5.69. The van der Waals surface area contributed by atoms with Gasteiger partial charge in [-0.3, -0.25) is 4.99 Å². The molecule has 0 saturated carbocycles. The lowest BCUT2D eigenvalue weighted by molar-refractivity contribution is 0.454. The van der Waals surface area contributed by atoms with Crippen molar-refractivity contribution < 1.29 is 4.39 Å². The van der Waals surface area contributed by atoms with Gasteiger partial charge in [0.25, 0.3) is 0 Å². The van der Waals surface area contributed by atoms with Crippen molar-refractivity contribution in [3.63, 3.8) is 0 Å². The highest BCUT2D eigenvalue weighted by molar-refractivity contribution is 6.04. The van der Waals surface area contributed by atoms with E-state index in [0.717, 1.165) is 5.57 Å². The van der Waals surface area contributed by atoms with E-state index in [2.05, 4.69) is 4.99 Å². The first-order valence-electron chi connectivity index (χ1n) is 3.07. The molecule has 0 aliphatic carbocycles. The molecular formula is C7H10FN. The summed E-state index contributed by atoms with van der Waals surface area (Å²) in [5, 5.41) is 0. The molecule has 0 saturated heterocycles. The van der Waals surface area contributed by atoms with E-state index in [1.807, 2.05) is 13.0 Å². The molecule has 0 bridgehead atoms. The van der Waals surface area contributed by atoms with E-state index in [0.29, 0.717) is 12.3 Å². The molecule has 1 nitrogen and oxygen atoms in total. The van der Waals surface area contributed by atoms with E-state index in [1.165, 1.54) is 6.92 Å². The van der Waals surface area contributed by atoms with Crippen LogP contribution in [0.25, 0.3) is 0 Å². The zero-order valence-electron chi connectivity index (χ0n) is 5.69. The smallest absolute Gasteiger partial charge is 0.139 e. The number of nitrogens with zero attached hydrogens (tertiary/aromatic N) is 1. The molecule has 1 rings (SSSR count). The highest BCUT2D eigenvalue weighted by Crippen LogP contribution is 2.10. The van der Waals surface area contributed by atoms with Gasteiger partial charge in [0.15, 0.2) is 0 Å². The Morgan fingerprint density at radius 3 is 2.67 bits per heavy atom. The SMILES string of the molecule is CC1=CCN=C1C(C)F. The second-order valence-electron chi connectivity index (χ2n) is 2.23. The highest BCUT2D eigenvalue weighted by atomic mass is 19.1. The second-order valence-corrected chi connectivity index (χ2v) is 2.23. The van der Waals surface area contributed by atoms with E-state index in [-0.39, 0.29) is 0 Å². The summed E-state index contributed by atoms with van der Waals surface area (Å²) in [6, 6.07) is 0. The maximum absolute atomic E-state index is 12.5. The van der Waals surface area contributed by atoms with Crippen molar-refractivity contribution in [2.75, 3.05) is 6.54 Å². The lowest BCUT2D eigenvalue weighted by Gasteiger charge is -2.00. The normalized spacial score (nSPS) is 21.2. The molecule has 0 aromatic carbocycles. The Balaban J connectivity index is 2.72. The third-order valence-electron chi connectivity index (χ3n) is 1.44. The van der Waals surface area contributed by atoms with Gasteiger partial charge in [-0.2, -0.15) is 0 Å². The van der Waals surface area contributed by atoms with Crippen LogP contribution < -0.4 is 0 Å². The molecule has 0 N–H and O–H groups in total. The van der Waals surface area contributed by atoms with Crippen molar-refractivity contribution in [2.45, 2.75) is 20.0 Å². The third kappa shape index (κ3) is 1.18. The summed E-state index contributed by atoms with van der Waals surface area (Å²) in [7, 11) is 0. The van der Waals surface area contributed by atoms with Gasteiger partial charge < -0.3 is 0 Å². The zero-order chi connectivity index (χ0) is 6.85. The summed E-state index contributed by atoms with van der Waals surface area (Å²) in [5.41, 5.74) is 1.61. The standard InChI is InChI=1S/C7H10FN/c1-5-3-4-9-7(5)6(2)8/h3,6H,4H2,1-2H3. The van der Waals surface area contributed by atoms with Crippen LogP contribution in [0.3, 0.4) is 0 Å². The van der Waals surface area contributed by atoms with Gasteiger partial charge in [-0.15, -0.1) is 0 Å². The van der Waals surface area contributed by atoms with Crippen LogP contribution in [-0.2, 0) is 0 Å². The van der Waals surface area contributed by atoms with Gasteiger partial charge in [-0.05, 0) is 19.4 Å². The second kappa shape index (κ2) is 2.29. The van der Waals surface area contributed by atoms with E-state index >= 15 is 0 Å². The summed E-state index contributed by atoms with van der Waals surface area (Å²) >= 11 is 0. The fourth-order valence-electron chi connectivity index (χ4n) is 0.950. The van der Waals surface area contributed by atoms with E-state index in [4.69, 9.17) is 0 Å². The maximum atomic E-state index is 12.5. The van der Waals surface area contributed by atoms with Gasteiger partial charge in [0, 0.05) is 0 Å². The van der Waals surface area contributed by atoms with Crippen LogP contribution in [0.2, 0.25) is 0 Å². The number of alkyl halides is 1. The third-order valence-corrected chi connectivity index (χ3v) is 1.44. The molecule has 1 unspecified atom stereocenters. The number of hydrogen-bond donors (Lipinski definition) is 0. The van der Waals surface area contributed by atoms with Crippen LogP contribution in [0.4, 0.5) is 4.39 Å². The summed E-state index contributed by atoms with van der Waals surface area (Å²) in [6.45, 7) is 4.07. The largest absolute Gasteiger partial charge is 0.282 e. The number of aliphatic imine (C=N–C) groups is 1. The van der Waals surface area contributed by atoms with Crippen LogP contribution in [0.15, 0.2) is 16.6 Å². The minimum Gasteiger partial charge on any atom is -0.282 e. The number of allylic oxidation sites excluding steroid dienone is 1. The van der Waals surface area contributed by atoms with E-state index in [9.17, 15) is 4.39 Å². The molecule has 9 heavy (non-hydrogen) atoms. The molecule has 0 aromatic heterocycles. The molecule has 0 fully saturated rings. The topological polar surface area (TPSA) is 12.4 Å². The highest BCUT2D eigenvalue weighted by Gasteiger charge is 2.13. The maximum Gasteiger partial charge on any atom is 0.139 e. The lowest BCUT2D eigenvalue weighted by atomic mass is 10.1. The van der Waals surface area contributed by atoms with Crippen molar-refractivity contribution >= 4 is 5.71 Å². The number of rotatable bonds is 1. The first kappa shape index (κ1) is 6.46. The molecule has 1 atom stereocenters. The average Bonchev–Trinajstić information content (AvgIpc) is 2.13. The Morgan fingerprint density at radius 2 is 2.44 bits per heavy atom. The van der Waals surface area contributed by atoms with Gasteiger partial charge in [0.2, 0.25) is 0 Å². The van der Waals surface area contributed by atoms with Crippen molar-refractivity contribution in [3.8, 4) is 0 Å². The fraction of sp³-hybridized carbons (Fsp3) is 0.571. The molecule has 0 radical (unpaired) electrons. The van der Waals surface area contributed by atoms with Crippen molar-refractivity contribution in [3.05, 3.63) is 11.6 Å². The molecule has 1 heterocycles. The van der Waals surface area contributed by atoms with Gasteiger partial charge >= 0.3 is 0 Å². The number of hydrogen-bond acceptors (Lipinski definition) is 1. The monoisotopic (exact) mass is 127 g/mol. The van der Waals surface area contributed by atoms with E-state index < -0.39 is 6.17 Å². The first-order valence-corrected chi connectivity index (χ1v) is 3.07. The summed E-state index contributed by atoms with van der Waals surface area (Å²) in [6.07, 6.45) is 1.04. The van der Waals surface area contributed by atoms with Crippen LogP contribution in [0.1, 0.15) is 13.8 Å². The Labute approximate surface area is 54.3 Å². The lowest BCUT2D eigenvalue weighted by Crippen LogP contribution is -2.10. The minimum absolute atomic E-state index is 0.620. The van der Waals surface area contributed by atoms with Crippen molar-refractivity contribution in [1.82, 2.24) is 0 Å². The molecule has 1 aliphatic heterocycles. The summed E-state index contributed by atoms with van der Waals surface area (Å²) in [5.74, 6) is 0. The van der Waals surface area contributed by atoms with E-state index in [1.54, 1.807) is 0 Å². The molecular weight excluding hydrogens is 117 g/mol.